The van der Waals surface area contributed by atoms with Crippen molar-refractivity contribution in [2.75, 3.05) is 22.9 Å². The van der Waals surface area contributed by atoms with Crippen LogP contribution in [0.25, 0.3) is 21.8 Å². The van der Waals surface area contributed by atoms with E-state index >= 15 is 0 Å². The Kier molecular flexibility index (Phi) is 4.31. The predicted octanol–water partition coefficient (Wildman–Crippen LogP) is 3.98. The lowest BCUT2D eigenvalue weighted by molar-refractivity contribution is 0.0257. The van der Waals surface area contributed by atoms with E-state index in [2.05, 4.69) is 0 Å². The summed E-state index contributed by atoms with van der Waals surface area (Å²) in [5, 5.41) is 1.09. The third-order valence-electron chi connectivity index (χ3n) is 7.23. The summed E-state index contributed by atoms with van der Waals surface area (Å²) in [7, 11) is 3.31. The van der Waals surface area contributed by atoms with E-state index in [1.54, 1.807) is 68.4 Å². The molecule has 2 aliphatic heterocycles. The molecule has 9 heteroatoms. The maximum atomic E-state index is 13.9. The Morgan fingerprint density at radius 3 is 2.17 bits per heavy atom. The Morgan fingerprint density at radius 2 is 1.51 bits per heavy atom. The van der Waals surface area contributed by atoms with Gasteiger partial charge in [-0.05, 0) is 42.8 Å². The number of alkyl halides is 2. The van der Waals surface area contributed by atoms with Crippen LogP contribution >= 0.6 is 0 Å². The van der Waals surface area contributed by atoms with Crippen LogP contribution in [-0.4, -0.2) is 40.0 Å². The normalized spacial score (nSPS) is 17.3. The van der Waals surface area contributed by atoms with Crippen LogP contribution in [0, 0.1) is 6.92 Å². The van der Waals surface area contributed by atoms with Crippen LogP contribution in [-0.2, 0) is 14.1 Å². The highest BCUT2D eigenvalue weighted by Crippen LogP contribution is 2.41. The second kappa shape index (κ2) is 7.00. The molecule has 0 saturated carbocycles. The largest absolute Gasteiger partial charge is 0.365 e. The molecule has 3 heterocycles. The van der Waals surface area contributed by atoms with Crippen molar-refractivity contribution in [3.63, 3.8) is 0 Å². The van der Waals surface area contributed by atoms with Crippen LogP contribution in [0.4, 0.5) is 20.2 Å². The van der Waals surface area contributed by atoms with Crippen molar-refractivity contribution >= 4 is 45.0 Å². The minimum absolute atomic E-state index is 0.203. The number of aromatic nitrogens is 2. The van der Waals surface area contributed by atoms with Crippen LogP contribution in [0.5, 0.6) is 0 Å². The van der Waals surface area contributed by atoms with E-state index in [-0.39, 0.29) is 18.7 Å². The summed E-state index contributed by atoms with van der Waals surface area (Å²) in [6.45, 7) is 1.60. The molecule has 4 aromatic rings. The van der Waals surface area contributed by atoms with Crippen LogP contribution in [0.15, 0.2) is 47.3 Å². The Balaban J connectivity index is 1.53. The highest BCUT2D eigenvalue weighted by molar-refractivity contribution is 6.36. The summed E-state index contributed by atoms with van der Waals surface area (Å²) in [4.78, 5) is 42.6. The van der Waals surface area contributed by atoms with Gasteiger partial charge in [0.05, 0.1) is 23.3 Å². The average Bonchev–Trinajstić information content (AvgIpc) is 3.29. The molecule has 1 aromatic heterocycles. The molecule has 0 atom stereocenters. The fourth-order valence-corrected chi connectivity index (χ4v) is 5.40. The molecule has 3 aromatic carbocycles. The molecule has 0 N–H and O–H groups in total. The van der Waals surface area contributed by atoms with Crippen LogP contribution in [0.3, 0.4) is 0 Å². The molecule has 0 bridgehead atoms. The van der Waals surface area contributed by atoms with Gasteiger partial charge in [0, 0.05) is 54.6 Å². The Labute approximate surface area is 198 Å². The van der Waals surface area contributed by atoms with E-state index < -0.39 is 24.3 Å². The van der Waals surface area contributed by atoms with Gasteiger partial charge in [-0.1, -0.05) is 12.1 Å². The number of carbonyl (C=O) groups is 2. The van der Waals surface area contributed by atoms with Crippen molar-refractivity contribution in [3.8, 4) is 0 Å². The number of imidazole rings is 1. The van der Waals surface area contributed by atoms with Gasteiger partial charge in [0.25, 0.3) is 17.7 Å². The molecule has 0 unspecified atom stereocenters. The third-order valence-corrected chi connectivity index (χ3v) is 7.23. The van der Waals surface area contributed by atoms with Gasteiger partial charge < -0.3 is 4.90 Å². The Hall–Kier alpha value is -4.01. The molecule has 178 valence electrons. The average molecular weight is 476 g/mol. The summed E-state index contributed by atoms with van der Waals surface area (Å²) in [5.41, 5.74) is 3.44. The first-order valence-electron chi connectivity index (χ1n) is 11.3. The van der Waals surface area contributed by atoms with E-state index in [0.29, 0.717) is 49.9 Å². The van der Waals surface area contributed by atoms with E-state index in [9.17, 15) is 23.2 Å². The molecule has 2 amide bonds. The van der Waals surface area contributed by atoms with Gasteiger partial charge in [-0.25, -0.2) is 18.5 Å². The number of fused-ring (bicyclic) bond motifs is 1. The summed E-state index contributed by atoms with van der Waals surface area (Å²) >= 11 is 0. The Morgan fingerprint density at radius 1 is 0.857 bits per heavy atom. The molecule has 0 spiro atoms. The van der Waals surface area contributed by atoms with Crippen LogP contribution in [0.1, 0.15) is 32.7 Å². The molecule has 35 heavy (non-hydrogen) atoms. The van der Waals surface area contributed by atoms with Crippen molar-refractivity contribution in [1.29, 1.82) is 0 Å². The second-order valence-electron chi connectivity index (χ2n) is 9.36. The maximum Gasteiger partial charge on any atom is 0.328 e. The number of aryl methyl sites for hydroxylation is 3. The maximum absolute atomic E-state index is 13.9. The number of anilines is 2. The summed E-state index contributed by atoms with van der Waals surface area (Å²) in [5.74, 6) is -3.74. The number of hydrogen-bond acceptors (Lipinski definition) is 4. The predicted molar refractivity (Wildman–Crippen MR) is 130 cm³/mol. The van der Waals surface area contributed by atoms with Crippen molar-refractivity contribution in [2.45, 2.75) is 19.3 Å². The minimum atomic E-state index is -2.77. The first kappa shape index (κ1) is 21.5. The van der Waals surface area contributed by atoms with Crippen molar-refractivity contribution in [1.82, 2.24) is 9.13 Å². The van der Waals surface area contributed by atoms with Gasteiger partial charge in [-0.15, -0.1) is 0 Å². The minimum Gasteiger partial charge on any atom is -0.365 e. The van der Waals surface area contributed by atoms with Crippen molar-refractivity contribution in [3.05, 3.63) is 69.6 Å². The van der Waals surface area contributed by atoms with E-state index in [1.165, 1.54) is 9.13 Å². The highest BCUT2D eigenvalue weighted by Gasteiger charge is 2.40. The zero-order valence-electron chi connectivity index (χ0n) is 19.4. The zero-order valence-corrected chi connectivity index (χ0v) is 19.4. The van der Waals surface area contributed by atoms with Gasteiger partial charge in [0.2, 0.25) is 0 Å². The summed E-state index contributed by atoms with van der Waals surface area (Å²) in [6, 6.07) is 11.9. The van der Waals surface area contributed by atoms with E-state index in [0.717, 1.165) is 4.90 Å². The lowest BCUT2D eigenvalue weighted by Crippen LogP contribution is -2.41. The van der Waals surface area contributed by atoms with Crippen LogP contribution < -0.4 is 15.5 Å². The number of halogens is 2. The second-order valence-corrected chi connectivity index (χ2v) is 9.36. The SMILES string of the molecule is Cc1cc2c(cc1N1C(=O)c3cccc4c(N5CCC(F)(F)C5)ccc(c34)C1=O)n(C)c(=O)n2C. The lowest BCUT2D eigenvalue weighted by Gasteiger charge is -2.30. The lowest BCUT2D eigenvalue weighted by atomic mass is 9.92. The number of benzene rings is 3. The third kappa shape index (κ3) is 2.90. The monoisotopic (exact) mass is 476 g/mol. The van der Waals surface area contributed by atoms with Crippen molar-refractivity contribution < 1.29 is 18.4 Å². The smallest absolute Gasteiger partial charge is 0.328 e. The van der Waals surface area contributed by atoms with E-state index in [4.69, 9.17) is 0 Å². The summed E-state index contributed by atoms with van der Waals surface area (Å²) < 4.78 is 30.8. The first-order valence-corrected chi connectivity index (χ1v) is 11.3. The van der Waals surface area contributed by atoms with Gasteiger partial charge in [-0.3, -0.25) is 18.7 Å². The number of nitrogens with zero attached hydrogens (tertiary/aromatic N) is 4. The van der Waals surface area contributed by atoms with Crippen molar-refractivity contribution in [2.24, 2.45) is 14.1 Å². The van der Waals surface area contributed by atoms with Gasteiger partial charge in [0.15, 0.2) is 0 Å². The van der Waals surface area contributed by atoms with Gasteiger partial charge in [-0.2, -0.15) is 0 Å². The number of rotatable bonds is 2. The molecule has 1 fully saturated rings. The Bertz CT molecular complexity index is 1640. The summed E-state index contributed by atoms with van der Waals surface area (Å²) in [6.07, 6.45) is -0.231. The van der Waals surface area contributed by atoms with Gasteiger partial charge >= 0.3 is 5.69 Å². The van der Waals surface area contributed by atoms with E-state index in [1.807, 2.05) is 0 Å². The molecular weight excluding hydrogens is 454 g/mol. The first-order chi connectivity index (χ1) is 16.6. The number of amides is 2. The number of imide groups is 1. The zero-order chi connectivity index (χ0) is 24.8. The molecule has 1 saturated heterocycles. The fourth-order valence-electron chi connectivity index (χ4n) is 5.40. The molecule has 0 radical (unpaired) electrons. The quantitative estimate of drug-likeness (QED) is 0.411. The van der Waals surface area contributed by atoms with Gasteiger partial charge in [0.1, 0.15) is 0 Å². The molecular formula is C26H22F2N4O3. The number of carbonyl (C=O) groups excluding carboxylic acids is 2. The molecule has 7 nitrogen and oxygen atoms in total. The fraction of sp³-hybridized carbons (Fsp3) is 0.269. The highest BCUT2D eigenvalue weighted by atomic mass is 19.3. The topological polar surface area (TPSA) is 67.6 Å². The molecule has 0 aliphatic carbocycles. The number of hydrogen-bond donors (Lipinski definition) is 0. The standard InChI is InChI=1S/C26H22F2N4O3/c1-14-11-20-21(30(3)25(35)29(20)2)12-19(14)32-23(33)16-6-4-5-15-18(31-10-9-26(27,28)13-31)8-7-17(22(15)16)24(32)34/h4-8,11-12H,9-10,13H2,1-3H3. The van der Waals surface area contributed by atoms with Crippen LogP contribution in [0.2, 0.25) is 0 Å². The molecule has 6 rings (SSSR count). The molecule has 2 aliphatic rings.